The lowest BCUT2D eigenvalue weighted by molar-refractivity contribution is 0.0749. The summed E-state index contributed by atoms with van der Waals surface area (Å²) < 4.78 is 6.63. The third-order valence-corrected chi connectivity index (χ3v) is 4.48. The molecule has 0 saturated carbocycles. The zero-order valence-electron chi connectivity index (χ0n) is 9.41. The molecule has 5 heteroatoms. The van der Waals surface area contributed by atoms with E-state index in [-0.39, 0.29) is 0 Å². The van der Waals surface area contributed by atoms with E-state index < -0.39 is 0 Å². The van der Waals surface area contributed by atoms with E-state index >= 15 is 0 Å². The van der Waals surface area contributed by atoms with Crippen LogP contribution in [0.1, 0.15) is 6.42 Å². The normalized spacial score (nSPS) is 21.0. The lowest BCUT2D eigenvalue weighted by Gasteiger charge is -2.26. The summed E-state index contributed by atoms with van der Waals surface area (Å²) in [6.07, 6.45) is 1.13. The molecule has 2 heterocycles. The monoisotopic (exact) mass is 304 g/mol. The van der Waals surface area contributed by atoms with Crippen molar-refractivity contribution in [3.63, 3.8) is 0 Å². The summed E-state index contributed by atoms with van der Waals surface area (Å²) in [5.74, 6) is 0. The van der Waals surface area contributed by atoms with Crippen molar-refractivity contribution in [2.75, 3.05) is 38.3 Å². The van der Waals surface area contributed by atoms with Gasteiger partial charge in [0.15, 0.2) is 0 Å². The number of halogens is 1. The van der Waals surface area contributed by atoms with Gasteiger partial charge in [0, 0.05) is 26.2 Å². The Labute approximate surface area is 109 Å². The summed E-state index contributed by atoms with van der Waals surface area (Å²) in [5.41, 5.74) is 0. The zero-order chi connectivity index (χ0) is 11.4. The summed E-state index contributed by atoms with van der Waals surface area (Å²) in [4.78, 5) is 2.30. The number of hydrogen-bond donors (Lipinski definition) is 1. The van der Waals surface area contributed by atoms with Crippen LogP contribution >= 0.6 is 27.3 Å². The Morgan fingerprint density at radius 1 is 1.62 bits per heavy atom. The molecule has 1 aromatic rings. The van der Waals surface area contributed by atoms with Crippen LogP contribution in [0, 0.1) is 0 Å². The van der Waals surface area contributed by atoms with Crippen LogP contribution in [0.5, 0.6) is 0 Å². The number of hydrogen-bond acceptors (Lipinski definition) is 4. The average molecular weight is 305 g/mol. The highest BCUT2D eigenvalue weighted by Gasteiger charge is 2.13. The van der Waals surface area contributed by atoms with Crippen molar-refractivity contribution in [2.24, 2.45) is 0 Å². The van der Waals surface area contributed by atoms with Crippen molar-refractivity contribution < 1.29 is 4.74 Å². The van der Waals surface area contributed by atoms with Gasteiger partial charge in [-0.25, -0.2) is 0 Å². The molecule has 16 heavy (non-hydrogen) atoms. The number of nitrogens with zero attached hydrogens (tertiary/aromatic N) is 1. The molecule has 1 aromatic heterocycles. The molecule has 0 aliphatic carbocycles. The standard InChI is InChI=1S/C11H17BrN2OS/c1-14(11-3-2-10(12)16-11)6-4-9-8-15-7-5-13-9/h2-3,9,13H,4-8H2,1H3. The van der Waals surface area contributed by atoms with Crippen molar-refractivity contribution in [1.29, 1.82) is 0 Å². The maximum atomic E-state index is 5.44. The minimum atomic E-state index is 0.514. The highest BCUT2D eigenvalue weighted by atomic mass is 79.9. The number of morpholine rings is 1. The third-order valence-electron chi connectivity index (χ3n) is 2.75. The van der Waals surface area contributed by atoms with Gasteiger partial charge in [0.25, 0.3) is 0 Å². The molecule has 0 aromatic carbocycles. The predicted octanol–water partition coefficient (Wildman–Crippen LogP) is 2.33. The molecule has 1 aliphatic rings. The van der Waals surface area contributed by atoms with Crippen LogP contribution in [0.4, 0.5) is 5.00 Å². The molecular weight excluding hydrogens is 288 g/mol. The first-order valence-corrected chi connectivity index (χ1v) is 7.14. The Hall–Kier alpha value is -0.100. The predicted molar refractivity (Wildman–Crippen MR) is 72.5 cm³/mol. The quantitative estimate of drug-likeness (QED) is 0.924. The van der Waals surface area contributed by atoms with E-state index in [1.807, 2.05) is 0 Å². The number of nitrogens with one attached hydrogen (secondary N) is 1. The summed E-state index contributed by atoms with van der Waals surface area (Å²) in [7, 11) is 2.14. The molecule has 1 atom stereocenters. The van der Waals surface area contributed by atoms with Gasteiger partial charge in [0.1, 0.15) is 0 Å². The van der Waals surface area contributed by atoms with E-state index in [0.717, 1.165) is 32.7 Å². The van der Waals surface area contributed by atoms with Gasteiger partial charge in [-0.3, -0.25) is 0 Å². The molecule has 90 valence electrons. The van der Waals surface area contributed by atoms with Crippen LogP contribution < -0.4 is 10.2 Å². The Bertz CT molecular complexity index is 326. The maximum Gasteiger partial charge on any atom is 0.0917 e. The molecule has 1 aliphatic heterocycles. The number of anilines is 1. The molecule has 1 N–H and O–H groups in total. The van der Waals surface area contributed by atoms with E-state index in [1.54, 1.807) is 11.3 Å². The minimum Gasteiger partial charge on any atom is -0.379 e. The van der Waals surface area contributed by atoms with Crippen LogP contribution in [0.25, 0.3) is 0 Å². The molecule has 3 nitrogen and oxygen atoms in total. The summed E-state index contributed by atoms with van der Waals surface area (Å²) >= 11 is 5.26. The van der Waals surface area contributed by atoms with Crippen molar-refractivity contribution in [2.45, 2.75) is 12.5 Å². The van der Waals surface area contributed by atoms with Gasteiger partial charge in [-0.05, 0) is 34.5 Å². The number of rotatable bonds is 4. The van der Waals surface area contributed by atoms with Gasteiger partial charge in [-0.2, -0.15) is 0 Å². The average Bonchev–Trinajstić information content (AvgIpc) is 2.74. The third kappa shape index (κ3) is 3.45. The van der Waals surface area contributed by atoms with Crippen molar-refractivity contribution in [1.82, 2.24) is 5.32 Å². The maximum absolute atomic E-state index is 5.44. The van der Waals surface area contributed by atoms with Crippen LogP contribution in [-0.4, -0.2) is 39.4 Å². The lowest BCUT2D eigenvalue weighted by atomic mass is 10.2. The first kappa shape index (κ1) is 12.4. The fourth-order valence-electron chi connectivity index (χ4n) is 1.77. The topological polar surface area (TPSA) is 24.5 Å². The Morgan fingerprint density at radius 3 is 3.12 bits per heavy atom. The number of ether oxygens (including phenoxy) is 1. The highest BCUT2D eigenvalue weighted by molar-refractivity contribution is 9.11. The Kier molecular flexibility index (Phi) is 4.64. The Balaban J connectivity index is 1.76. The first-order chi connectivity index (χ1) is 7.75. The van der Waals surface area contributed by atoms with Gasteiger partial charge in [-0.15, -0.1) is 11.3 Å². The van der Waals surface area contributed by atoms with Crippen molar-refractivity contribution >= 4 is 32.3 Å². The van der Waals surface area contributed by atoms with E-state index in [4.69, 9.17) is 4.74 Å². The summed E-state index contributed by atoms with van der Waals surface area (Å²) in [6, 6.07) is 4.76. The smallest absolute Gasteiger partial charge is 0.0917 e. The zero-order valence-corrected chi connectivity index (χ0v) is 11.8. The van der Waals surface area contributed by atoms with Crippen LogP contribution in [0.15, 0.2) is 15.9 Å². The molecule has 2 rings (SSSR count). The number of thiophene rings is 1. The molecule has 0 spiro atoms. The van der Waals surface area contributed by atoms with Crippen LogP contribution in [-0.2, 0) is 4.74 Å². The second-order valence-corrected chi connectivity index (χ2v) is 6.46. The van der Waals surface area contributed by atoms with Crippen molar-refractivity contribution in [3.8, 4) is 0 Å². The van der Waals surface area contributed by atoms with Gasteiger partial charge in [0.2, 0.25) is 0 Å². The minimum absolute atomic E-state index is 0.514. The summed E-state index contributed by atoms with van der Waals surface area (Å²) in [5, 5.41) is 4.78. The van der Waals surface area contributed by atoms with Gasteiger partial charge >= 0.3 is 0 Å². The van der Waals surface area contributed by atoms with Crippen LogP contribution in [0.2, 0.25) is 0 Å². The molecular formula is C11H17BrN2OS. The fourth-order valence-corrected chi connectivity index (χ4v) is 3.12. The van der Waals surface area contributed by atoms with Gasteiger partial charge < -0.3 is 15.0 Å². The SMILES string of the molecule is CN(CCC1COCCN1)c1ccc(Br)s1. The molecule has 0 radical (unpaired) electrons. The van der Waals surface area contributed by atoms with E-state index in [9.17, 15) is 0 Å². The fraction of sp³-hybridized carbons (Fsp3) is 0.636. The highest BCUT2D eigenvalue weighted by Crippen LogP contribution is 2.29. The largest absolute Gasteiger partial charge is 0.379 e. The van der Waals surface area contributed by atoms with Gasteiger partial charge in [0.05, 0.1) is 22.0 Å². The first-order valence-electron chi connectivity index (χ1n) is 5.53. The molecule has 1 saturated heterocycles. The Morgan fingerprint density at radius 2 is 2.50 bits per heavy atom. The molecule has 1 fully saturated rings. The molecule has 1 unspecified atom stereocenters. The van der Waals surface area contributed by atoms with E-state index in [2.05, 4.69) is 45.3 Å². The second kappa shape index (κ2) is 6.00. The molecule has 0 bridgehead atoms. The van der Waals surface area contributed by atoms with Crippen molar-refractivity contribution in [3.05, 3.63) is 15.9 Å². The molecule has 0 amide bonds. The van der Waals surface area contributed by atoms with E-state index in [0.29, 0.717) is 6.04 Å². The van der Waals surface area contributed by atoms with Gasteiger partial charge in [-0.1, -0.05) is 0 Å². The van der Waals surface area contributed by atoms with E-state index in [1.165, 1.54) is 8.79 Å². The summed E-state index contributed by atoms with van der Waals surface area (Å²) in [6.45, 7) is 3.75. The lowest BCUT2D eigenvalue weighted by Crippen LogP contribution is -2.42. The second-order valence-electron chi connectivity index (χ2n) is 4.01. The van der Waals surface area contributed by atoms with Crippen LogP contribution in [0.3, 0.4) is 0 Å².